The van der Waals surface area contributed by atoms with Crippen LogP contribution in [0.4, 0.5) is 11.4 Å². The maximum Gasteiger partial charge on any atom is 0.259 e. The largest absolute Gasteiger partial charge is 0.494 e. The van der Waals surface area contributed by atoms with E-state index in [9.17, 15) is 4.79 Å². The van der Waals surface area contributed by atoms with E-state index in [2.05, 4.69) is 15.8 Å². The molecule has 0 saturated heterocycles. The molecule has 0 heterocycles. The first kappa shape index (κ1) is 17.3. The number of nitrogens with one attached hydrogen (secondary N) is 2. The van der Waals surface area contributed by atoms with Gasteiger partial charge in [0.2, 0.25) is 0 Å². The van der Waals surface area contributed by atoms with Gasteiger partial charge < -0.3 is 15.8 Å². The summed E-state index contributed by atoms with van der Waals surface area (Å²) >= 11 is 0. The van der Waals surface area contributed by atoms with Gasteiger partial charge in [-0.05, 0) is 55.8 Å². The fourth-order valence-electron chi connectivity index (χ4n) is 2.03. The minimum Gasteiger partial charge on any atom is -0.494 e. The molecule has 0 radical (unpaired) electrons. The monoisotopic (exact) mass is 326 g/mol. The normalized spacial score (nSPS) is 11.0. The number of ether oxygens (including phenoxy) is 1. The molecule has 126 valence electrons. The predicted molar refractivity (Wildman–Crippen MR) is 97.3 cm³/mol. The molecule has 1 amide bonds. The Morgan fingerprint density at radius 3 is 2.62 bits per heavy atom. The van der Waals surface area contributed by atoms with Crippen molar-refractivity contribution in [3.05, 3.63) is 54.1 Å². The Balaban J connectivity index is 1.83. The molecule has 0 aliphatic heterocycles. The van der Waals surface area contributed by atoms with Crippen molar-refractivity contribution < 1.29 is 9.53 Å². The zero-order valence-corrected chi connectivity index (χ0v) is 13.9. The van der Waals surface area contributed by atoms with Crippen LogP contribution in [-0.2, 0) is 4.79 Å². The molecule has 0 aromatic heterocycles. The Morgan fingerprint density at radius 2 is 1.96 bits per heavy atom. The van der Waals surface area contributed by atoms with Gasteiger partial charge >= 0.3 is 0 Å². The van der Waals surface area contributed by atoms with Gasteiger partial charge in [-0.3, -0.25) is 4.79 Å². The van der Waals surface area contributed by atoms with E-state index in [0.717, 1.165) is 17.0 Å². The van der Waals surface area contributed by atoms with Crippen LogP contribution in [0.1, 0.15) is 19.4 Å². The van der Waals surface area contributed by atoms with E-state index in [1.54, 1.807) is 6.07 Å². The van der Waals surface area contributed by atoms with Gasteiger partial charge in [-0.25, -0.2) is 5.43 Å². The zero-order valence-electron chi connectivity index (χ0n) is 13.9. The standard InChI is InChI=1S/C18H22N4O2/c1-3-24-17-9-7-16(8-10-17)20-12-18(23)22-21-13(2)14-5-4-6-15(19)11-14/h4-11,20H,3,12,19H2,1-2H3,(H,22,23)/b21-13+. The van der Waals surface area contributed by atoms with Gasteiger partial charge in [-0.15, -0.1) is 0 Å². The van der Waals surface area contributed by atoms with Crippen molar-refractivity contribution in [2.24, 2.45) is 5.10 Å². The molecular formula is C18H22N4O2. The maximum absolute atomic E-state index is 11.9. The number of carbonyl (C=O) groups is 1. The molecule has 24 heavy (non-hydrogen) atoms. The van der Waals surface area contributed by atoms with Gasteiger partial charge in [0.15, 0.2) is 0 Å². The van der Waals surface area contributed by atoms with E-state index in [4.69, 9.17) is 10.5 Å². The lowest BCUT2D eigenvalue weighted by atomic mass is 10.1. The fraction of sp³-hybridized carbons (Fsp3) is 0.222. The highest BCUT2D eigenvalue weighted by Gasteiger charge is 2.02. The Morgan fingerprint density at radius 1 is 1.21 bits per heavy atom. The van der Waals surface area contributed by atoms with Crippen LogP contribution in [0.5, 0.6) is 5.75 Å². The second kappa shape index (κ2) is 8.57. The summed E-state index contributed by atoms with van der Waals surface area (Å²) in [4.78, 5) is 11.9. The first-order valence-electron chi connectivity index (χ1n) is 7.74. The number of amides is 1. The minimum absolute atomic E-state index is 0.127. The van der Waals surface area contributed by atoms with Crippen molar-refractivity contribution in [2.45, 2.75) is 13.8 Å². The molecule has 0 bridgehead atoms. The van der Waals surface area contributed by atoms with E-state index in [0.29, 0.717) is 18.0 Å². The summed E-state index contributed by atoms with van der Waals surface area (Å²) < 4.78 is 5.37. The molecule has 6 heteroatoms. The lowest BCUT2D eigenvalue weighted by molar-refractivity contribution is -0.119. The molecule has 0 saturated carbocycles. The van der Waals surface area contributed by atoms with Crippen LogP contribution in [0.15, 0.2) is 53.6 Å². The van der Waals surface area contributed by atoms with Gasteiger partial charge in [-0.2, -0.15) is 5.10 Å². The van der Waals surface area contributed by atoms with E-state index < -0.39 is 0 Å². The fourth-order valence-corrected chi connectivity index (χ4v) is 2.03. The van der Waals surface area contributed by atoms with Crippen LogP contribution in [-0.4, -0.2) is 24.8 Å². The van der Waals surface area contributed by atoms with Crippen LogP contribution in [0.2, 0.25) is 0 Å². The Kier molecular flexibility index (Phi) is 6.19. The Hall–Kier alpha value is -3.02. The molecule has 0 unspecified atom stereocenters. The molecule has 6 nitrogen and oxygen atoms in total. The van der Waals surface area contributed by atoms with Crippen LogP contribution < -0.4 is 21.2 Å². The summed E-state index contributed by atoms with van der Waals surface area (Å²) in [5, 5.41) is 7.12. The molecule has 2 aromatic rings. The second-order valence-corrected chi connectivity index (χ2v) is 5.17. The lowest BCUT2D eigenvalue weighted by Gasteiger charge is -2.08. The van der Waals surface area contributed by atoms with Gasteiger partial charge in [0.05, 0.1) is 18.9 Å². The first-order valence-corrected chi connectivity index (χ1v) is 7.74. The lowest BCUT2D eigenvalue weighted by Crippen LogP contribution is -2.26. The molecule has 2 aromatic carbocycles. The Labute approximate surface area is 141 Å². The number of rotatable bonds is 7. The second-order valence-electron chi connectivity index (χ2n) is 5.17. The SMILES string of the molecule is CCOc1ccc(NCC(=O)N/N=C(\C)c2cccc(N)c2)cc1. The molecule has 0 spiro atoms. The van der Waals surface area contributed by atoms with Crippen molar-refractivity contribution in [3.63, 3.8) is 0 Å². The number of anilines is 2. The van der Waals surface area contributed by atoms with Crippen LogP contribution in [0, 0.1) is 0 Å². The molecular weight excluding hydrogens is 304 g/mol. The average Bonchev–Trinajstić information content (AvgIpc) is 2.59. The molecule has 4 N–H and O–H groups in total. The van der Waals surface area contributed by atoms with Crippen molar-refractivity contribution in [1.29, 1.82) is 0 Å². The highest BCUT2D eigenvalue weighted by atomic mass is 16.5. The highest BCUT2D eigenvalue weighted by Crippen LogP contribution is 2.15. The van der Waals surface area contributed by atoms with E-state index in [1.807, 2.05) is 56.3 Å². The van der Waals surface area contributed by atoms with E-state index in [1.165, 1.54) is 0 Å². The quantitative estimate of drug-likeness (QED) is 0.414. The van der Waals surface area contributed by atoms with Crippen LogP contribution in [0.25, 0.3) is 0 Å². The Bertz CT molecular complexity index is 711. The van der Waals surface area contributed by atoms with E-state index >= 15 is 0 Å². The minimum atomic E-state index is -0.230. The molecule has 0 aliphatic rings. The number of nitrogen functional groups attached to an aromatic ring is 1. The number of benzene rings is 2. The number of nitrogens with two attached hydrogens (primary N) is 1. The average molecular weight is 326 g/mol. The number of nitrogens with zero attached hydrogens (tertiary/aromatic N) is 1. The number of hydrogen-bond acceptors (Lipinski definition) is 5. The topological polar surface area (TPSA) is 88.7 Å². The zero-order chi connectivity index (χ0) is 17.4. The predicted octanol–water partition coefficient (Wildman–Crippen LogP) is 2.62. The number of carbonyl (C=O) groups excluding carboxylic acids is 1. The van der Waals surface area contributed by atoms with E-state index in [-0.39, 0.29) is 12.5 Å². The molecule has 0 atom stereocenters. The summed E-state index contributed by atoms with van der Waals surface area (Å²) in [6.07, 6.45) is 0. The molecule has 0 aliphatic carbocycles. The van der Waals surface area contributed by atoms with Crippen molar-refractivity contribution >= 4 is 23.0 Å². The van der Waals surface area contributed by atoms with Gasteiger partial charge in [0.1, 0.15) is 5.75 Å². The summed E-state index contributed by atoms with van der Waals surface area (Å²) in [6, 6.07) is 14.8. The van der Waals surface area contributed by atoms with Crippen molar-refractivity contribution in [2.75, 3.05) is 24.2 Å². The summed E-state index contributed by atoms with van der Waals surface area (Å²) in [5.74, 6) is 0.571. The first-order chi connectivity index (χ1) is 11.6. The van der Waals surface area contributed by atoms with Crippen molar-refractivity contribution in [1.82, 2.24) is 5.43 Å². The number of hydrogen-bond donors (Lipinski definition) is 3. The third-order valence-corrected chi connectivity index (χ3v) is 3.27. The maximum atomic E-state index is 11.9. The van der Waals surface area contributed by atoms with Gasteiger partial charge in [-0.1, -0.05) is 12.1 Å². The smallest absolute Gasteiger partial charge is 0.259 e. The molecule has 0 fully saturated rings. The van der Waals surface area contributed by atoms with Gasteiger partial charge in [0, 0.05) is 11.4 Å². The number of hydrazone groups is 1. The summed E-state index contributed by atoms with van der Waals surface area (Å²) in [6.45, 7) is 4.50. The van der Waals surface area contributed by atoms with Crippen LogP contribution in [0.3, 0.4) is 0 Å². The summed E-state index contributed by atoms with van der Waals surface area (Å²) in [7, 11) is 0. The molecule has 2 rings (SSSR count). The third-order valence-electron chi connectivity index (χ3n) is 3.27. The van der Waals surface area contributed by atoms with Crippen LogP contribution >= 0.6 is 0 Å². The third kappa shape index (κ3) is 5.31. The summed E-state index contributed by atoms with van der Waals surface area (Å²) in [5.41, 5.74) is 11.3. The highest BCUT2D eigenvalue weighted by molar-refractivity contribution is 6.00. The van der Waals surface area contributed by atoms with Crippen molar-refractivity contribution in [3.8, 4) is 5.75 Å². The van der Waals surface area contributed by atoms with Gasteiger partial charge in [0.25, 0.3) is 5.91 Å².